The minimum atomic E-state index is -0.870. The highest BCUT2D eigenvalue weighted by atomic mass is 19.1. The van der Waals surface area contributed by atoms with Crippen LogP contribution in [0.1, 0.15) is 46.0 Å². The monoisotopic (exact) mass is 227 g/mol. The minimum Gasteiger partial charge on any atom is -0.254 e. The van der Waals surface area contributed by atoms with Crippen LogP contribution in [0.4, 0.5) is 8.78 Å². The molecule has 0 unspecified atom stereocenters. The Hall–Kier alpha value is -0.990. The van der Waals surface area contributed by atoms with Crippen molar-refractivity contribution in [2.75, 3.05) is 6.67 Å². The number of aromatic nitrogens is 1. The molecule has 3 heteroatoms. The Morgan fingerprint density at radius 2 is 1.69 bits per heavy atom. The molecule has 0 aliphatic carbocycles. The van der Waals surface area contributed by atoms with E-state index in [4.69, 9.17) is 0 Å². The van der Waals surface area contributed by atoms with Crippen LogP contribution in [0.3, 0.4) is 0 Å². The Kier molecular flexibility index (Phi) is 3.36. The maximum atomic E-state index is 13.6. The summed E-state index contributed by atoms with van der Waals surface area (Å²) in [6, 6.07) is 3.04. The largest absolute Gasteiger partial charge is 0.254 e. The van der Waals surface area contributed by atoms with Gasteiger partial charge in [0.1, 0.15) is 12.5 Å². The zero-order valence-electron chi connectivity index (χ0n) is 10.6. The second-order valence-electron chi connectivity index (χ2n) is 5.79. The van der Waals surface area contributed by atoms with Gasteiger partial charge < -0.3 is 0 Å². The van der Waals surface area contributed by atoms with Gasteiger partial charge in [-0.2, -0.15) is 0 Å². The van der Waals surface area contributed by atoms with Gasteiger partial charge in [-0.05, 0) is 12.1 Å². The van der Waals surface area contributed by atoms with Gasteiger partial charge in [-0.15, -0.1) is 0 Å². The first-order valence-electron chi connectivity index (χ1n) is 5.42. The van der Waals surface area contributed by atoms with Crippen molar-refractivity contribution in [2.24, 2.45) is 0 Å². The van der Waals surface area contributed by atoms with E-state index in [0.29, 0.717) is 0 Å². The molecule has 0 aromatic carbocycles. The topological polar surface area (TPSA) is 12.9 Å². The SMILES string of the molecule is CC(C)(C)c1ccc(F)c(C(C)(C)CF)n1. The van der Waals surface area contributed by atoms with E-state index in [2.05, 4.69) is 4.98 Å². The second kappa shape index (κ2) is 4.11. The van der Waals surface area contributed by atoms with Crippen LogP contribution in [0.2, 0.25) is 0 Å². The zero-order valence-corrected chi connectivity index (χ0v) is 10.6. The molecule has 16 heavy (non-hydrogen) atoms. The molecule has 0 atom stereocenters. The van der Waals surface area contributed by atoms with Gasteiger partial charge in [0.25, 0.3) is 0 Å². The number of hydrogen-bond acceptors (Lipinski definition) is 1. The van der Waals surface area contributed by atoms with Gasteiger partial charge in [-0.3, -0.25) is 9.37 Å². The van der Waals surface area contributed by atoms with Crippen LogP contribution in [-0.2, 0) is 10.8 Å². The van der Waals surface area contributed by atoms with Crippen LogP contribution in [-0.4, -0.2) is 11.7 Å². The molecular formula is C13H19F2N. The lowest BCUT2D eigenvalue weighted by Crippen LogP contribution is -2.25. The van der Waals surface area contributed by atoms with E-state index in [0.717, 1.165) is 5.69 Å². The summed E-state index contributed by atoms with van der Waals surface area (Å²) in [7, 11) is 0. The molecule has 1 heterocycles. The molecule has 1 aromatic heterocycles. The lowest BCUT2D eigenvalue weighted by Gasteiger charge is -2.24. The smallest absolute Gasteiger partial charge is 0.145 e. The molecule has 0 saturated carbocycles. The lowest BCUT2D eigenvalue weighted by atomic mass is 9.87. The van der Waals surface area contributed by atoms with Gasteiger partial charge in [0.05, 0.1) is 5.69 Å². The van der Waals surface area contributed by atoms with Gasteiger partial charge >= 0.3 is 0 Å². The van der Waals surface area contributed by atoms with Crippen molar-refractivity contribution in [1.29, 1.82) is 0 Å². The van der Waals surface area contributed by atoms with Gasteiger partial charge in [0, 0.05) is 16.5 Å². The summed E-state index contributed by atoms with van der Waals surface area (Å²) < 4.78 is 26.5. The standard InChI is InChI=1S/C13H19F2N/c1-12(2,3)10-7-6-9(15)11(16-10)13(4,5)8-14/h6-7H,8H2,1-5H3. The number of hydrogen-bond donors (Lipinski definition) is 0. The van der Waals surface area contributed by atoms with Gasteiger partial charge in [0.15, 0.2) is 0 Å². The molecule has 0 aliphatic rings. The number of alkyl halides is 1. The highest BCUT2D eigenvalue weighted by Gasteiger charge is 2.28. The predicted octanol–water partition coefficient (Wildman–Crippen LogP) is 3.77. The summed E-state index contributed by atoms with van der Waals surface area (Å²) >= 11 is 0. The average molecular weight is 227 g/mol. The van der Waals surface area contributed by atoms with Crippen LogP contribution >= 0.6 is 0 Å². The fourth-order valence-corrected chi connectivity index (χ4v) is 1.40. The van der Waals surface area contributed by atoms with E-state index in [1.807, 2.05) is 20.8 Å². The van der Waals surface area contributed by atoms with E-state index < -0.39 is 17.9 Å². The Labute approximate surface area is 95.9 Å². The van der Waals surface area contributed by atoms with E-state index in [-0.39, 0.29) is 11.1 Å². The zero-order chi connectivity index (χ0) is 12.6. The molecular weight excluding hydrogens is 208 g/mol. The fourth-order valence-electron chi connectivity index (χ4n) is 1.40. The Balaban J connectivity index is 3.30. The maximum Gasteiger partial charge on any atom is 0.145 e. The van der Waals surface area contributed by atoms with E-state index >= 15 is 0 Å². The number of nitrogens with zero attached hydrogens (tertiary/aromatic N) is 1. The molecule has 0 amide bonds. The first-order valence-corrected chi connectivity index (χ1v) is 5.42. The normalized spacial score (nSPS) is 12.9. The van der Waals surface area contributed by atoms with E-state index in [9.17, 15) is 8.78 Å². The predicted molar refractivity (Wildman–Crippen MR) is 61.9 cm³/mol. The van der Waals surface area contributed by atoms with Crippen LogP contribution in [0.25, 0.3) is 0 Å². The summed E-state index contributed by atoms with van der Waals surface area (Å²) in [5.41, 5.74) is -0.0342. The Morgan fingerprint density at radius 1 is 1.12 bits per heavy atom. The summed E-state index contributed by atoms with van der Waals surface area (Å²) in [5, 5.41) is 0. The van der Waals surface area contributed by atoms with E-state index in [1.165, 1.54) is 6.07 Å². The fraction of sp³-hybridized carbons (Fsp3) is 0.615. The molecule has 0 spiro atoms. The number of pyridine rings is 1. The van der Waals surface area contributed by atoms with Gasteiger partial charge in [-0.25, -0.2) is 4.39 Å². The molecule has 1 aromatic rings. The molecule has 90 valence electrons. The van der Waals surface area contributed by atoms with Gasteiger partial charge in [0.2, 0.25) is 0 Å². The quantitative estimate of drug-likeness (QED) is 0.749. The highest BCUT2D eigenvalue weighted by molar-refractivity contribution is 5.24. The van der Waals surface area contributed by atoms with Gasteiger partial charge in [-0.1, -0.05) is 34.6 Å². The van der Waals surface area contributed by atoms with Crippen LogP contribution < -0.4 is 0 Å². The van der Waals surface area contributed by atoms with Crippen molar-refractivity contribution in [2.45, 2.75) is 45.4 Å². The molecule has 0 aliphatic heterocycles. The lowest BCUT2D eigenvalue weighted by molar-refractivity contribution is 0.331. The number of rotatable bonds is 2. The first-order chi connectivity index (χ1) is 7.18. The van der Waals surface area contributed by atoms with E-state index in [1.54, 1.807) is 19.9 Å². The third-order valence-electron chi connectivity index (χ3n) is 2.59. The van der Waals surface area contributed by atoms with Crippen LogP contribution in [0, 0.1) is 5.82 Å². The van der Waals surface area contributed by atoms with Crippen molar-refractivity contribution in [3.8, 4) is 0 Å². The van der Waals surface area contributed by atoms with Crippen molar-refractivity contribution in [1.82, 2.24) is 4.98 Å². The highest BCUT2D eigenvalue weighted by Crippen LogP contribution is 2.28. The minimum absolute atomic E-state index is 0.158. The summed E-state index contributed by atoms with van der Waals surface area (Å²) in [6.45, 7) is 8.69. The molecule has 0 fully saturated rings. The average Bonchev–Trinajstić information content (AvgIpc) is 2.16. The van der Waals surface area contributed by atoms with Crippen LogP contribution in [0.5, 0.6) is 0 Å². The molecule has 0 radical (unpaired) electrons. The van der Waals surface area contributed by atoms with Crippen molar-refractivity contribution in [3.05, 3.63) is 29.3 Å². The third kappa shape index (κ3) is 2.57. The first kappa shape index (κ1) is 13.1. The molecule has 0 bridgehead atoms. The summed E-state index contributed by atoms with van der Waals surface area (Å²) in [4.78, 5) is 4.27. The van der Waals surface area contributed by atoms with Crippen LogP contribution in [0.15, 0.2) is 12.1 Å². The second-order valence-corrected chi connectivity index (χ2v) is 5.79. The van der Waals surface area contributed by atoms with Crippen molar-refractivity contribution >= 4 is 0 Å². The summed E-state index contributed by atoms with van der Waals surface area (Å²) in [6.07, 6.45) is 0. The maximum absolute atomic E-state index is 13.6. The van der Waals surface area contributed by atoms with Crippen molar-refractivity contribution in [3.63, 3.8) is 0 Å². The van der Waals surface area contributed by atoms with Crippen molar-refractivity contribution < 1.29 is 8.78 Å². The molecule has 0 saturated heterocycles. The number of halogens is 2. The Bertz CT molecular complexity index is 378. The molecule has 1 nitrogen and oxygen atoms in total. The Morgan fingerprint density at radius 3 is 2.12 bits per heavy atom. The summed E-state index contributed by atoms with van der Waals surface area (Å²) in [5.74, 6) is -0.435. The third-order valence-corrected chi connectivity index (χ3v) is 2.59. The molecule has 0 N–H and O–H groups in total. The molecule has 1 rings (SSSR count).